The Kier molecular flexibility index (Phi) is 9.27. The van der Waals surface area contributed by atoms with E-state index >= 15 is 0 Å². The summed E-state index contributed by atoms with van der Waals surface area (Å²) in [6, 6.07) is 1.87. The van der Waals surface area contributed by atoms with Crippen molar-refractivity contribution < 1.29 is 14.3 Å². The van der Waals surface area contributed by atoms with Gasteiger partial charge >= 0.3 is 0 Å². The maximum Gasteiger partial charge on any atom is 0.230 e. The summed E-state index contributed by atoms with van der Waals surface area (Å²) in [6.45, 7) is 8.96. The predicted octanol–water partition coefficient (Wildman–Crippen LogP) is 1.90. The molecule has 188 valence electrons. The molecule has 2 amide bonds. The summed E-state index contributed by atoms with van der Waals surface area (Å²) in [5, 5.41) is 3.81. The van der Waals surface area contributed by atoms with Crippen molar-refractivity contribution in [1.82, 2.24) is 25.1 Å². The van der Waals surface area contributed by atoms with Crippen molar-refractivity contribution in [2.24, 2.45) is 5.92 Å². The SMILES string of the molecule is CC1CN(c2cc(Cl)nc(SCC(=O)NCCN3CCOCC3)n2)CCN1C(=O)C1CCCC1. The van der Waals surface area contributed by atoms with Gasteiger partial charge in [0.1, 0.15) is 11.0 Å². The van der Waals surface area contributed by atoms with Crippen LogP contribution in [0.5, 0.6) is 0 Å². The summed E-state index contributed by atoms with van der Waals surface area (Å²) in [5.41, 5.74) is 0. The van der Waals surface area contributed by atoms with Crippen LogP contribution in [0, 0.1) is 5.92 Å². The van der Waals surface area contributed by atoms with Gasteiger partial charge in [-0.25, -0.2) is 9.97 Å². The molecule has 2 aliphatic heterocycles. The van der Waals surface area contributed by atoms with Gasteiger partial charge in [0.15, 0.2) is 5.16 Å². The van der Waals surface area contributed by atoms with Crippen molar-refractivity contribution in [1.29, 1.82) is 0 Å². The van der Waals surface area contributed by atoms with E-state index in [4.69, 9.17) is 16.3 Å². The summed E-state index contributed by atoms with van der Waals surface area (Å²) in [4.78, 5) is 40.6. The van der Waals surface area contributed by atoms with Crippen LogP contribution >= 0.6 is 23.4 Å². The van der Waals surface area contributed by atoms with Gasteiger partial charge in [0.2, 0.25) is 11.8 Å². The highest BCUT2D eigenvalue weighted by molar-refractivity contribution is 7.99. The van der Waals surface area contributed by atoms with E-state index in [1.165, 1.54) is 11.8 Å². The van der Waals surface area contributed by atoms with E-state index < -0.39 is 0 Å². The molecule has 0 spiro atoms. The first-order valence-electron chi connectivity index (χ1n) is 12.3. The first kappa shape index (κ1) is 25.5. The van der Waals surface area contributed by atoms with Gasteiger partial charge in [0, 0.05) is 63.8 Å². The Morgan fingerprint density at radius 3 is 2.68 bits per heavy atom. The van der Waals surface area contributed by atoms with Crippen molar-refractivity contribution in [3.63, 3.8) is 0 Å². The molecule has 11 heteroatoms. The molecule has 2 saturated heterocycles. The molecule has 0 aromatic carbocycles. The van der Waals surface area contributed by atoms with Gasteiger partial charge in [-0.05, 0) is 19.8 Å². The van der Waals surface area contributed by atoms with Gasteiger partial charge in [-0.1, -0.05) is 36.2 Å². The van der Waals surface area contributed by atoms with Gasteiger partial charge in [-0.2, -0.15) is 0 Å². The number of anilines is 1. The predicted molar refractivity (Wildman–Crippen MR) is 133 cm³/mol. The normalized spacial score (nSPS) is 22.2. The zero-order chi connectivity index (χ0) is 23.9. The van der Waals surface area contributed by atoms with Crippen molar-refractivity contribution >= 4 is 41.0 Å². The zero-order valence-corrected chi connectivity index (χ0v) is 21.5. The average molecular weight is 511 g/mol. The molecule has 0 bridgehead atoms. The van der Waals surface area contributed by atoms with Gasteiger partial charge in [0.05, 0.1) is 19.0 Å². The Morgan fingerprint density at radius 1 is 1.18 bits per heavy atom. The molecular weight excluding hydrogens is 476 g/mol. The van der Waals surface area contributed by atoms with Crippen LogP contribution in [-0.4, -0.2) is 102 Å². The molecule has 1 unspecified atom stereocenters. The molecule has 1 N–H and O–H groups in total. The number of rotatable bonds is 8. The molecule has 3 aliphatic rings. The van der Waals surface area contributed by atoms with Gasteiger partial charge < -0.3 is 19.9 Å². The van der Waals surface area contributed by atoms with E-state index in [0.29, 0.717) is 42.4 Å². The smallest absolute Gasteiger partial charge is 0.230 e. The van der Waals surface area contributed by atoms with Crippen LogP contribution < -0.4 is 10.2 Å². The molecule has 0 radical (unpaired) electrons. The number of nitrogens with one attached hydrogen (secondary N) is 1. The number of hydrogen-bond donors (Lipinski definition) is 1. The maximum atomic E-state index is 12.9. The quantitative estimate of drug-likeness (QED) is 0.322. The standard InChI is InChI=1S/C23H35ClN6O3S/c1-17-15-29(8-9-30(17)22(32)18-4-2-3-5-18)20-14-19(24)26-23(27-20)34-16-21(31)25-6-7-28-10-12-33-13-11-28/h14,17-18H,2-13,15-16H2,1H3,(H,25,31). The molecule has 1 saturated carbocycles. The van der Waals surface area contributed by atoms with Crippen molar-refractivity contribution in [3.05, 3.63) is 11.2 Å². The van der Waals surface area contributed by atoms with Crippen molar-refractivity contribution in [3.8, 4) is 0 Å². The van der Waals surface area contributed by atoms with E-state index in [9.17, 15) is 9.59 Å². The average Bonchev–Trinajstić information content (AvgIpc) is 3.38. The summed E-state index contributed by atoms with van der Waals surface area (Å²) >= 11 is 7.57. The third kappa shape index (κ3) is 6.96. The van der Waals surface area contributed by atoms with E-state index in [-0.39, 0.29) is 23.6 Å². The van der Waals surface area contributed by atoms with Gasteiger partial charge in [-0.15, -0.1) is 0 Å². The number of halogens is 1. The topological polar surface area (TPSA) is 90.9 Å². The number of thioether (sulfide) groups is 1. The van der Waals surface area contributed by atoms with E-state index in [2.05, 4.69) is 32.0 Å². The van der Waals surface area contributed by atoms with Crippen LogP contribution in [0.15, 0.2) is 11.2 Å². The van der Waals surface area contributed by atoms with Crippen LogP contribution in [0.1, 0.15) is 32.6 Å². The number of piperazine rings is 1. The molecule has 9 nitrogen and oxygen atoms in total. The number of hydrogen-bond acceptors (Lipinski definition) is 8. The van der Waals surface area contributed by atoms with Gasteiger partial charge in [0.25, 0.3) is 0 Å². The molecule has 1 aromatic heterocycles. The molecule has 3 heterocycles. The number of morpholine rings is 1. The van der Waals surface area contributed by atoms with Gasteiger partial charge in [-0.3, -0.25) is 14.5 Å². The molecule has 1 aromatic rings. The highest BCUT2D eigenvalue weighted by Gasteiger charge is 2.33. The Morgan fingerprint density at radius 2 is 1.94 bits per heavy atom. The molecule has 4 rings (SSSR count). The molecule has 34 heavy (non-hydrogen) atoms. The number of nitrogens with zero attached hydrogens (tertiary/aromatic N) is 5. The van der Waals surface area contributed by atoms with Crippen LogP contribution in [0.25, 0.3) is 0 Å². The second kappa shape index (κ2) is 12.4. The van der Waals surface area contributed by atoms with Crippen LogP contribution in [0.2, 0.25) is 5.15 Å². The lowest BCUT2D eigenvalue weighted by Gasteiger charge is -2.41. The number of carbonyl (C=O) groups is 2. The van der Waals surface area contributed by atoms with E-state index in [1.54, 1.807) is 6.07 Å². The lowest BCUT2D eigenvalue weighted by molar-refractivity contribution is -0.137. The highest BCUT2D eigenvalue weighted by Crippen LogP contribution is 2.29. The minimum Gasteiger partial charge on any atom is -0.379 e. The minimum atomic E-state index is -0.0453. The lowest BCUT2D eigenvalue weighted by Crippen LogP contribution is -2.55. The largest absolute Gasteiger partial charge is 0.379 e. The Bertz CT molecular complexity index is 850. The maximum absolute atomic E-state index is 12.9. The fourth-order valence-corrected chi connectivity index (χ4v) is 5.78. The monoisotopic (exact) mass is 510 g/mol. The highest BCUT2D eigenvalue weighted by atomic mass is 35.5. The molecule has 3 fully saturated rings. The number of amides is 2. The van der Waals surface area contributed by atoms with Crippen LogP contribution in [-0.2, 0) is 14.3 Å². The number of ether oxygens (including phenoxy) is 1. The van der Waals surface area contributed by atoms with Crippen molar-refractivity contribution in [2.45, 2.75) is 43.8 Å². The number of aromatic nitrogens is 2. The minimum absolute atomic E-state index is 0.0453. The third-order valence-corrected chi connectivity index (χ3v) is 7.83. The fraction of sp³-hybridized carbons (Fsp3) is 0.739. The summed E-state index contributed by atoms with van der Waals surface area (Å²) in [6.07, 6.45) is 4.37. The van der Waals surface area contributed by atoms with E-state index in [0.717, 1.165) is 64.3 Å². The lowest BCUT2D eigenvalue weighted by atomic mass is 10.0. The van der Waals surface area contributed by atoms with Crippen molar-refractivity contribution in [2.75, 3.05) is 69.7 Å². The summed E-state index contributed by atoms with van der Waals surface area (Å²) in [7, 11) is 0. The molecular formula is C23H35ClN6O3S. The zero-order valence-electron chi connectivity index (χ0n) is 19.9. The summed E-state index contributed by atoms with van der Waals surface area (Å²) in [5.74, 6) is 1.45. The third-order valence-electron chi connectivity index (χ3n) is 6.79. The molecule has 1 aliphatic carbocycles. The Hall–Kier alpha value is -1.62. The second-order valence-corrected chi connectivity index (χ2v) is 10.6. The Labute approximate surface area is 210 Å². The Balaban J connectivity index is 1.25. The first-order valence-corrected chi connectivity index (χ1v) is 13.7. The fourth-order valence-electron chi connectivity index (χ4n) is 4.87. The first-order chi connectivity index (χ1) is 16.5. The summed E-state index contributed by atoms with van der Waals surface area (Å²) < 4.78 is 5.34. The van der Waals surface area contributed by atoms with E-state index in [1.807, 2.05) is 4.90 Å². The van der Waals surface area contributed by atoms with Crippen LogP contribution in [0.4, 0.5) is 5.82 Å². The number of carbonyl (C=O) groups excluding carboxylic acids is 2. The van der Waals surface area contributed by atoms with Crippen LogP contribution in [0.3, 0.4) is 0 Å². The second-order valence-electron chi connectivity index (χ2n) is 9.23. The molecule has 1 atom stereocenters.